The molecule has 1 heterocycles. The summed E-state index contributed by atoms with van der Waals surface area (Å²) < 4.78 is 0. The summed E-state index contributed by atoms with van der Waals surface area (Å²) >= 11 is 1.65. The standard InChI is InChI=1S/C11H13NOS/c1-8-3-5-9(6-4-8)11(2)12-10(13)7-14-11/h3-6H,7H2,1-2H3,(H,12,13). The molecule has 1 fully saturated rings. The highest BCUT2D eigenvalue weighted by Gasteiger charge is 2.35. The number of nitrogens with one attached hydrogen (secondary N) is 1. The lowest BCUT2D eigenvalue weighted by Gasteiger charge is -2.23. The van der Waals surface area contributed by atoms with E-state index in [1.54, 1.807) is 11.8 Å². The average Bonchev–Trinajstić information content (AvgIpc) is 2.48. The molecule has 1 N–H and O–H groups in total. The minimum atomic E-state index is -0.231. The van der Waals surface area contributed by atoms with Crippen molar-refractivity contribution in [3.05, 3.63) is 35.4 Å². The van der Waals surface area contributed by atoms with E-state index in [9.17, 15) is 4.79 Å². The van der Waals surface area contributed by atoms with Crippen LogP contribution in [0.3, 0.4) is 0 Å². The molecule has 14 heavy (non-hydrogen) atoms. The van der Waals surface area contributed by atoms with Crippen molar-refractivity contribution in [3.63, 3.8) is 0 Å². The van der Waals surface area contributed by atoms with E-state index in [1.165, 1.54) is 11.1 Å². The van der Waals surface area contributed by atoms with Crippen LogP contribution in [0.15, 0.2) is 24.3 Å². The summed E-state index contributed by atoms with van der Waals surface area (Å²) in [5.41, 5.74) is 2.41. The number of aryl methyl sites for hydroxylation is 1. The van der Waals surface area contributed by atoms with E-state index in [1.807, 2.05) is 6.92 Å². The van der Waals surface area contributed by atoms with Gasteiger partial charge >= 0.3 is 0 Å². The first-order valence-electron chi connectivity index (χ1n) is 4.62. The molecule has 2 rings (SSSR count). The molecule has 1 aromatic rings. The monoisotopic (exact) mass is 207 g/mol. The van der Waals surface area contributed by atoms with Gasteiger partial charge in [-0.25, -0.2) is 0 Å². The fourth-order valence-electron chi connectivity index (χ4n) is 1.58. The lowest BCUT2D eigenvalue weighted by molar-refractivity contribution is -0.118. The predicted octanol–water partition coefficient (Wildman–Crippen LogP) is 2.03. The molecule has 74 valence electrons. The molecule has 1 saturated heterocycles. The van der Waals surface area contributed by atoms with Crippen molar-refractivity contribution in [2.45, 2.75) is 18.7 Å². The molecule has 1 atom stereocenters. The molecule has 0 radical (unpaired) electrons. The van der Waals surface area contributed by atoms with Crippen LogP contribution >= 0.6 is 11.8 Å². The molecule has 1 unspecified atom stereocenters. The molecule has 1 aliphatic heterocycles. The van der Waals surface area contributed by atoms with Crippen molar-refractivity contribution >= 4 is 17.7 Å². The Balaban J connectivity index is 2.30. The number of carbonyl (C=O) groups excluding carboxylic acids is 1. The SMILES string of the molecule is Cc1ccc(C2(C)NC(=O)CS2)cc1. The number of benzene rings is 1. The third-order valence-corrected chi connectivity index (χ3v) is 3.79. The first-order chi connectivity index (χ1) is 6.60. The van der Waals surface area contributed by atoms with Crippen LogP contribution in [0.4, 0.5) is 0 Å². The van der Waals surface area contributed by atoms with Gasteiger partial charge in [-0.3, -0.25) is 4.79 Å². The van der Waals surface area contributed by atoms with Gasteiger partial charge in [-0.05, 0) is 19.4 Å². The largest absolute Gasteiger partial charge is 0.337 e. The third-order valence-electron chi connectivity index (χ3n) is 2.47. The average molecular weight is 207 g/mol. The van der Waals surface area contributed by atoms with Crippen molar-refractivity contribution < 1.29 is 4.79 Å². The van der Waals surface area contributed by atoms with Gasteiger partial charge < -0.3 is 5.32 Å². The fourth-order valence-corrected chi connectivity index (χ4v) is 2.56. The van der Waals surface area contributed by atoms with Crippen molar-refractivity contribution in [1.29, 1.82) is 0 Å². The Morgan fingerprint density at radius 2 is 2.00 bits per heavy atom. The summed E-state index contributed by atoms with van der Waals surface area (Å²) in [7, 11) is 0. The highest BCUT2D eigenvalue weighted by Crippen LogP contribution is 2.37. The van der Waals surface area contributed by atoms with E-state index in [0.29, 0.717) is 5.75 Å². The van der Waals surface area contributed by atoms with Crippen LogP contribution in [0, 0.1) is 6.92 Å². The van der Waals surface area contributed by atoms with Crippen molar-refractivity contribution in [2.24, 2.45) is 0 Å². The molecular weight excluding hydrogens is 194 g/mol. The number of amides is 1. The molecule has 0 aromatic heterocycles. The van der Waals surface area contributed by atoms with E-state index in [0.717, 1.165) is 0 Å². The zero-order chi connectivity index (χ0) is 10.2. The molecule has 0 saturated carbocycles. The lowest BCUT2D eigenvalue weighted by Crippen LogP contribution is -2.33. The molecule has 2 nitrogen and oxygen atoms in total. The Hall–Kier alpha value is -0.960. The maximum Gasteiger partial charge on any atom is 0.231 e. The second-order valence-corrected chi connectivity index (χ2v) is 5.13. The Kier molecular flexibility index (Phi) is 2.27. The first kappa shape index (κ1) is 9.59. The van der Waals surface area contributed by atoms with E-state index < -0.39 is 0 Å². The molecular formula is C11H13NOS. The lowest BCUT2D eigenvalue weighted by atomic mass is 10.1. The van der Waals surface area contributed by atoms with E-state index in [4.69, 9.17) is 0 Å². The van der Waals surface area contributed by atoms with Gasteiger partial charge in [0, 0.05) is 0 Å². The number of hydrogen-bond donors (Lipinski definition) is 1. The normalized spacial score (nSPS) is 26.3. The predicted molar refractivity (Wildman–Crippen MR) is 59.1 cm³/mol. The molecule has 1 aliphatic rings. The second-order valence-electron chi connectivity index (χ2n) is 3.74. The van der Waals surface area contributed by atoms with Crippen LogP contribution in [0.2, 0.25) is 0 Å². The summed E-state index contributed by atoms with van der Waals surface area (Å²) in [4.78, 5) is 10.9. The van der Waals surface area contributed by atoms with Gasteiger partial charge in [-0.2, -0.15) is 0 Å². The zero-order valence-electron chi connectivity index (χ0n) is 8.33. The number of rotatable bonds is 1. The summed E-state index contributed by atoms with van der Waals surface area (Å²) in [6, 6.07) is 8.30. The van der Waals surface area contributed by atoms with Crippen molar-refractivity contribution in [2.75, 3.05) is 5.75 Å². The smallest absolute Gasteiger partial charge is 0.231 e. The van der Waals surface area contributed by atoms with Crippen molar-refractivity contribution in [1.82, 2.24) is 5.32 Å². The van der Waals surface area contributed by atoms with Gasteiger partial charge in [-0.15, -0.1) is 11.8 Å². The summed E-state index contributed by atoms with van der Waals surface area (Å²) in [5, 5.41) is 2.99. The summed E-state index contributed by atoms with van der Waals surface area (Å²) in [5.74, 6) is 0.683. The van der Waals surface area contributed by atoms with Crippen molar-refractivity contribution in [3.8, 4) is 0 Å². The second kappa shape index (κ2) is 3.31. The number of thioether (sulfide) groups is 1. The van der Waals surface area contributed by atoms with Crippen LogP contribution in [0.5, 0.6) is 0 Å². The Bertz CT molecular complexity index is 360. The Morgan fingerprint density at radius 1 is 1.36 bits per heavy atom. The van der Waals surface area contributed by atoms with Crippen LogP contribution < -0.4 is 5.32 Å². The Morgan fingerprint density at radius 3 is 2.50 bits per heavy atom. The topological polar surface area (TPSA) is 29.1 Å². The first-order valence-corrected chi connectivity index (χ1v) is 5.61. The van der Waals surface area contributed by atoms with Crippen LogP contribution in [0.25, 0.3) is 0 Å². The number of carbonyl (C=O) groups is 1. The maximum absolute atomic E-state index is 11.2. The molecule has 0 spiro atoms. The van der Waals surface area contributed by atoms with E-state index >= 15 is 0 Å². The highest BCUT2D eigenvalue weighted by molar-refractivity contribution is 8.01. The molecule has 1 amide bonds. The molecule has 3 heteroatoms. The third kappa shape index (κ3) is 1.64. The Labute approximate surface area is 88.1 Å². The molecule has 0 aliphatic carbocycles. The van der Waals surface area contributed by atoms with Gasteiger partial charge in [0.25, 0.3) is 0 Å². The van der Waals surface area contributed by atoms with Gasteiger partial charge in [0.2, 0.25) is 5.91 Å². The highest BCUT2D eigenvalue weighted by atomic mass is 32.2. The van der Waals surface area contributed by atoms with Crippen LogP contribution in [-0.4, -0.2) is 11.7 Å². The zero-order valence-corrected chi connectivity index (χ0v) is 9.15. The quantitative estimate of drug-likeness (QED) is 0.763. The van der Waals surface area contributed by atoms with Gasteiger partial charge in [0.1, 0.15) is 4.87 Å². The minimum Gasteiger partial charge on any atom is -0.337 e. The number of hydrogen-bond acceptors (Lipinski definition) is 2. The fraction of sp³-hybridized carbons (Fsp3) is 0.364. The molecule has 0 bridgehead atoms. The minimum absolute atomic E-state index is 0.123. The maximum atomic E-state index is 11.2. The van der Waals surface area contributed by atoms with Gasteiger partial charge in [-0.1, -0.05) is 29.8 Å². The van der Waals surface area contributed by atoms with Crippen LogP contribution in [-0.2, 0) is 9.67 Å². The van der Waals surface area contributed by atoms with Gasteiger partial charge in [0.15, 0.2) is 0 Å². The summed E-state index contributed by atoms with van der Waals surface area (Å²) in [6.45, 7) is 4.11. The van der Waals surface area contributed by atoms with Crippen LogP contribution in [0.1, 0.15) is 18.1 Å². The van der Waals surface area contributed by atoms with E-state index in [2.05, 4.69) is 36.5 Å². The van der Waals surface area contributed by atoms with Gasteiger partial charge in [0.05, 0.1) is 5.75 Å². The molecule has 1 aromatic carbocycles. The summed E-state index contributed by atoms with van der Waals surface area (Å²) in [6.07, 6.45) is 0. The van der Waals surface area contributed by atoms with E-state index in [-0.39, 0.29) is 10.8 Å².